The molecule has 0 bridgehead atoms. The first kappa shape index (κ1) is 22.9. The van der Waals surface area contributed by atoms with Gasteiger partial charge in [0.25, 0.3) is 5.91 Å². The van der Waals surface area contributed by atoms with Crippen LogP contribution in [0.3, 0.4) is 0 Å². The van der Waals surface area contributed by atoms with Crippen LogP contribution >= 0.6 is 0 Å². The lowest BCUT2D eigenvalue weighted by atomic mass is 10.1. The molecule has 3 aromatic carbocycles. The van der Waals surface area contributed by atoms with Crippen LogP contribution in [0.5, 0.6) is 0 Å². The zero-order valence-corrected chi connectivity index (χ0v) is 17.3. The molecule has 0 unspecified atom stereocenters. The molecule has 0 saturated carbocycles. The lowest BCUT2D eigenvalue weighted by Gasteiger charge is -2.21. The lowest BCUT2D eigenvalue weighted by molar-refractivity contribution is -0.137. The van der Waals surface area contributed by atoms with Crippen LogP contribution in [-0.2, 0) is 11.0 Å². The average molecular weight is 441 g/mol. The molecular weight excluding hydrogens is 419 g/mol. The Balaban J connectivity index is 1.58. The van der Waals surface area contributed by atoms with E-state index >= 15 is 0 Å². The van der Waals surface area contributed by atoms with Gasteiger partial charge in [-0.3, -0.25) is 9.59 Å². The van der Waals surface area contributed by atoms with E-state index in [-0.39, 0.29) is 18.1 Å². The van der Waals surface area contributed by atoms with Crippen molar-refractivity contribution in [3.63, 3.8) is 0 Å². The molecule has 3 rings (SSSR count). The van der Waals surface area contributed by atoms with Crippen molar-refractivity contribution in [2.24, 2.45) is 0 Å². The maximum Gasteiger partial charge on any atom is 0.416 e. The van der Waals surface area contributed by atoms with Gasteiger partial charge in [-0.2, -0.15) is 13.2 Å². The largest absolute Gasteiger partial charge is 0.416 e. The van der Waals surface area contributed by atoms with Crippen LogP contribution in [0.2, 0.25) is 0 Å². The van der Waals surface area contributed by atoms with Crippen LogP contribution in [0.1, 0.15) is 22.8 Å². The van der Waals surface area contributed by atoms with Gasteiger partial charge in [-0.15, -0.1) is 0 Å². The van der Waals surface area contributed by atoms with Crippen molar-refractivity contribution in [3.8, 4) is 0 Å². The monoisotopic (exact) mass is 441 g/mol. The summed E-state index contributed by atoms with van der Waals surface area (Å²) in [4.78, 5) is 26.6. The number of rotatable bonds is 7. The lowest BCUT2D eigenvalue weighted by Crippen LogP contribution is -2.30. The number of benzene rings is 3. The second-order valence-corrected chi connectivity index (χ2v) is 6.94. The van der Waals surface area contributed by atoms with E-state index in [0.29, 0.717) is 17.8 Å². The summed E-state index contributed by atoms with van der Waals surface area (Å²) in [5.74, 6) is -0.594. The molecule has 2 amide bonds. The fraction of sp³-hybridized carbons (Fsp3) is 0.167. The molecule has 0 saturated heterocycles. The quantitative estimate of drug-likeness (QED) is 0.515. The first-order valence-electron chi connectivity index (χ1n) is 9.96. The molecule has 0 atom stereocenters. The average Bonchev–Trinajstić information content (AvgIpc) is 2.79. The summed E-state index contributed by atoms with van der Waals surface area (Å²) in [6, 6.07) is 20.4. The second kappa shape index (κ2) is 10.00. The predicted octanol–water partition coefficient (Wildman–Crippen LogP) is 5.42. The van der Waals surface area contributed by atoms with Gasteiger partial charge in [-0.1, -0.05) is 24.3 Å². The van der Waals surface area contributed by atoms with Crippen molar-refractivity contribution in [2.45, 2.75) is 13.1 Å². The molecular formula is C24H22F3N3O2. The van der Waals surface area contributed by atoms with Crippen LogP contribution in [-0.4, -0.2) is 24.9 Å². The third-order valence-electron chi connectivity index (χ3n) is 4.69. The molecule has 0 heterocycles. The highest BCUT2D eigenvalue weighted by molar-refractivity contribution is 6.06. The molecule has 0 fully saturated rings. The van der Waals surface area contributed by atoms with Crippen molar-refractivity contribution in [1.29, 1.82) is 0 Å². The molecule has 166 valence electrons. The van der Waals surface area contributed by atoms with Gasteiger partial charge in [0.05, 0.1) is 12.1 Å². The Kier molecular flexibility index (Phi) is 7.14. The topological polar surface area (TPSA) is 61.4 Å². The van der Waals surface area contributed by atoms with Crippen LogP contribution < -0.4 is 15.5 Å². The Hall–Kier alpha value is -3.81. The minimum atomic E-state index is -4.45. The summed E-state index contributed by atoms with van der Waals surface area (Å²) in [5.41, 5.74) is 1.13. The van der Waals surface area contributed by atoms with E-state index < -0.39 is 17.6 Å². The maximum atomic E-state index is 12.8. The van der Waals surface area contributed by atoms with Crippen LogP contribution in [0.25, 0.3) is 0 Å². The van der Waals surface area contributed by atoms with E-state index in [9.17, 15) is 22.8 Å². The van der Waals surface area contributed by atoms with Gasteiger partial charge in [0.2, 0.25) is 5.91 Å². The maximum absolute atomic E-state index is 12.8. The molecule has 0 radical (unpaired) electrons. The molecule has 0 spiro atoms. The van der Waals surface area contributed by atoms with Gasteiger partial charge in [0, 0.05) is 29.2 Å². The van der Waals surface area contributed by atoms with E-state index in [4.69, 9.17) is 0 Å². The van der Waals surface area contributed by atoms with Crippen molar-refractivity contribution < 1.29 is 22.8 Å². The zero-order valence-electron chi connectivity index (χ0n) is 17.3. The number of hydrogen-bond donors (Lipinski definition) is 2. The number of nitrogens with zero attached hydrogens (tertiary/aromatic N) is 1. The van der Waals surface area contributed by atoms with Gasteiger partial charge < -0.3 is 15.5 Å². The first-order chi connectivity index (χ1) is 15.3. The van der Waals surface area contributed by atoms with Gasteiger partial charge in [-0.05, 0) is 61.5 Å². The molecule has 3 aromatic rings. The van der Waals surface area contributed by atoms with Gasteiger partial charge in [0.1, 0.15) is 0 Å². The fourth-order valence-electron chi connectivity index (χ4n) is 3.10. The Morgan fingerprint density at radius 1 is 0.875 bits per heavy atom. The highest BCUT2D eigenvalue weighted by Gasteiger charge is 2.30. The summed E-state index contributed by atoms with van der Waals surface area (Å²) < 4.78 is 38.3. The minimum Gasteiger partial charge on any atom is -0.376 e. The zero-order chi connectivity index (χ0) is 23.1. The number of halogens is 3. The molecule has 8 heteroatoms. The highest BCUT2D eigenvalue weighted by Crippen LogP contribution is 2.30. The SMILES string of the molecule is CCN(C(=O)c1ccc(NC(=O)CNc2cccc(C(F)(F)F)c2)cc1)c1ccccc1. The number of nitrogens with one attached hydrogen (secondary N) is 2. The third kappa shape index (κ3) is 5.87. The van der Waals surface area contributed by atoms with Crippen molar-refractivity contribution >= 4 is 28.9 Å². The van der Waals surface area contributed by atoms with E-state index in [1.54, 1.807) is 29.2 Å². The van der Waals surface area contributed by atoms with Gasteiger partial charge >= 0.3 is 6.18 Å². The summed E-state index contributed by atoms with van der Waals surface area (Å²) in [6.07, 6.45) is -4.45. The molecule has 0 aliphatic heterocycles. The first-order valence-corrected chi connectivity index (χ1v) is 9.96. The third-order valence-corrected chi connectivity index (χ3v) is 4.69. The number of carbonyl (C=O) groups excluding carboxylic acids is 2. The normalized spacial score (nSPS) is 11.0. The number of hydrogen-bond acceptors (Lipinski definition) is 3. The van der Waals surface area contributed by atoms with Crippen LogP contribution in [0.15, 0.2) is 78.9 Å². The molecule has 0 aliphatic rings. The molecule has 0 aromatic heterocycles. The van der Waals surface area contributed by atoms with Gasteiger partial charge in [-0.25, -0.2) is 0 Å². The number of anilines is 3. The van der Waals surface area contributed by atoms with E-state index in [0.717, 1.165) is 17.8 Å². The second-order valence-electron chi connectivity index (χ2n) is 6.94. The summed E-state index contributed by atoms with van der Waals surface area (Å²) in [6.45, 7) is 2.18. The van der Waals surface area contributed by atoms with E-state index in [1.807, 2.05) is 37.3 Å². The Morgan fingerprint density at radius 2 is 1.56 bits per heavy atom. The Bertz CT molecular complexity index is 1070. The number of amides is 2. The summed E-state index contributed by atoms with van der Waals surface area (Å²) in [7, 11) is 0. The molecule has 0 aliphatic carbocycles. The van der Waals surface area contributed by atoms with Crippen LogP contribution in [0, 0.1) is 0 Å². The minimum absolute atomic E-state index is 0.164. The fourth-order valence-corrected chi connectivity index (χ4v) is 3.10. The Morgan fingerprint density at radius 3 is 2.19 bits per heavy atom. The highest BCUT2D eigenvalue weighted by atomic mass is 19.4. The van der Waals surface area contributed by atoms with Crippen LogP contribution in [0.4, 0.5) is 30.2 Å². The van der Waals surface area contributed by atoms with E-state index in [2.05, 4.69) is 10.6 Å². The van der Waals surface area contributed by atoms with Crippen molar-refractivity contribution in [2.75, 3.05) is 28.6 Å². The predicted molar refractivity (Wildman–Crippen MR) is 119 cm³/mol. The molecule has 5 nitrogen and oxygen atoms in total. The number of carbonyl (C=O) groups is 2. The number of alkyl halides is 3. The van der Waals surface area contributed by atoms with Gasteiger partial charge in [0.15, 0.2) is 0 Å². The standard InChI is InChI=1S/C24H22F3N3O2/c1-2-30(21-9-4-3-5-10-21)23(32)17-11-13-19(14-12-17)29-22(31)16-28-20-8-6-7-18(15-20)24(25,26)27/h3-15,28H,2,16H2,1H3,(H,29,31). The molecule has 2 N–H and O–H groups in total. The summed E-state index contributed by atoms with van der Waals surface area (Å²) in [5, 5.41) is 5.32. The smallest absolute Gasteiger partial charge is 0.376 e. The van der Waals surface area contributed by atoms with Crippen molar-refractivity contribution in [3.05, 3.63) is 90.0 Å². The molecule has 32 heavy (non-hydrogen) atoms. The number of para-hydroxylation sites is 1. The van der Waals surface area contributed by atoms with Crippen molar-refractivity contribution in [1.82, 2.24) is 0 Å². The summed E-state index contributed by atoms with van der Waals surface area (Å²) >= 11 is 0. The van der Waals surface area contributed by atoms with E-state index in [1.165, 1.54) is 12.1 Å². The Labute approximate surface area is 183 Å².